The van der Waals surface area contributed by atoms with Crippen molar-refractivity contribution in [3.8, 4) is 5.88 Å². The normalized spacial score (nSPS) is 22.9. The number of likely N-dealkylation sites (tertiary alicyclic amines) is 1. The van der Waals surface area contributed by atoms with Gasteiger partial charge in [0.2, 0.25) is 5.88 Å². The van der Waals surface area contributed by atoms with Gasteiger partial charge in [0.05, 0.1) is 13.1 Å². The highest BCUT2D eigenvalue weighted by atomic mass is 16.5. The predicted molar refractivity (Wildman–Crippen MR) is 93.6 cm³/mol. The Kier molecular flexibility index (Phi) is 4.74. The number of carbonyl (C=O) groups is 1. The Balaban J connectivity index is 1.24. The molecular weight excluding hydrogens is 318 g/mol. The first-order valence-electron chi connectivity index (χ1n) is 9.43. The maximum atomic E-state index is 12.7. The summed E-state index contributed by atoms with van der Waals surface area (Å²) in [6, 6.07) is 2.70. The number of urea groups is 1. The molecule has 0 bridgehead atoms. The Morgan fingerprint density at radius 3 is 2.68 bits per heavy atom. The Labute approximate surface area is 149 Å². The van der Waals surface area contributed by atoms with Crippen molar-refractivity contribution in [2.45, 2.75) is 44.8 Å². The molecule has 0 radical (unpaired) electrons. The smallest absolute Gasteiger partial charge is 0.320 e. The largest absolute Gasteiger partial charge is 0.470 e. The molecule has 3 heterocycles. The van der Waals surface area contributed by atoms with E-state index in [1.807, 2.05) is 16.7 Å². The minimum Gasteiger partial charge on any atom is -0.470 e. The highest BCUT2D eigenvalue weighted by Gasteiger charge is 2.36. The topological polar surface area (TPSA) is 61.8 Å². The third kappa shape index (κ3) is 3.71. The van der Waals surface area contributed by atoms with Crippen LogP contribution in [0, 0.1) is 6.92 Å². The van der Waals surface area contributed by atoms with Gasteiger partial charge in [0.1, 0.15) is 11.9 Å². The molecule has 0 atom stereocenters. The van der Waals surface area contributed by atoms with E-state index in [-0.39, 0.29) is 12.1 Å². The first kappa shape index (κ1) is 16.6. The second kappa shape index (κ2) is 7.15. The molecule has 7 nitrogen and oxygen atoms in total. The highest BCUT2D eigenvalue weighted by molar-refractivity contribution is 5.75. The molecule has 3 fully saturated rings. The average Bonchev–Trinajstić information content (AvgIpc) is 2.74. The number of aryl methyl sites for hydroxylation is 1. The van der Waals surface area contributed by atoms with E-state index in [0.29, 0.717) is 24.8 Å². The second-order valence-electron chi connectivity index (χ2n) is 7.33. The molecule has 4 rings (SSSR count). The molecule has 0 spiro atoms. The van der Waals surface area contributed by atoms with Crippen LogP contribution in [0.1, 0.15) is 31.5 Å². The van der Waals surface area contributed by atoms with Crippen LogP contribution in [-0.4, -0.2) is 82.1 Å². The Hall–Kier alpha value is -1.89. The van der Waals surface area contributed by atoms with Crippen LogP contribution < -0.4 is 4.74 Å². The number of ether oxygens (including phenoxy) is 1. The van der Waals surface area contributed by atoms with Crippen LogP contribution in [0.4, 0.5) is 4.79 Å². The Morgan fingerprint density at radius 1 is 1.12 bits per heavy atom. The van der Waals surface area contributed by atoms with Crippen LogP contribution in [0.3, 0.4) is 0 Å². The van der Waals surface area contributed by atoms with Gasteiger partial charge in [-0.25, -0.2) is 9.78 Å². The fourth-order valence-electron chi connectivity index (χ4n) is 3.79. The third-order valence-electron chi connectivity index (χ3n) is 5.55. The van der Waals surface area contributed by atoms with Crippen molar-refractivity contribution < 1.29 is 9.53 Å². The van der Waals surface area contributed by atoms with Gasteiger partial charge < -0.3 is 14.5 Å². The zero-order chi connectivity index (χ0) is 17.2. The first-order chi connectivity index (χ1) is 12.2. The minimum absolute atomic E-state index is 0.0386. The monoisotopic (exact) mass is 345 g/mol. The van der Waals surface area contributed by atoms with Crippen molar-refractivity contribution in [3.63, 3.8) is 0 Å². The molecule has 0 unspecified atom stereocenters. The van der Waals surface area contributed by atoms with E-state index in [0.717, 1.165) is 38.6 Å². The lowest BCUT2D eigenvalue weighted by Gasteiger charge is -2.41. The lowest BCUT2D eigenvalue weighted by molar-refractivity contribution is 0.0281. The zero-order valence-corrected chi connectivity index (χ0v) is 14.9. The van der Waals surface area contributed by atoms with Gasteiger partial charge in [0.25, 0.3) is 0 Å². The molecule has 1 aliphatic carbocycles. The van der Waals surface area contributed by atoms with E-state index < -0.39 is 0 Å². The predicted octanol–water partition coefficient (Wildman–Crippen LogP) is 1.53. The average molecular weight is 345 g/mol. The molecule has 0 aromatic carbocycles. The molecule has 1 aromatic heterocycles. The molecule has 1 aromatic rings. The van der Waals surface area contributed by atoms with Crippen molar-refractivity contribution >= 4 is 6.03 Å². The van der Waals surface area contributed by atoms with Crippen LogP contribution >= 0.6 is 0 Å². The summed E-state index contributed by atoms with van der Waals surface area (Å²) in [6.45, 7) is 7.00. The van der Waals surface area contributed by atoms with Crippen LogP contribution in [0.2, 0.25) is 0 Å². The number of rotatable bonds is 3. The van der Waals surface area contributed by atoms with Gasteiger partial charge in [-0.05, 0) is 26.2 Å². The van der Waals surface area contributed by atoms with Gasteiger partial charge in [0.15, 0.2) is 0 Å². The Bertz CT molecular complexity index is 615. The third-order valence-corrected chi connectivity index (χ3v) is 5.55. The molecule has 136 valence electrons. The standard InChI is InChI=1S/C18H27N5O2/c1-14-19-7-6-17(20-14)25-16-12-23(13-16)18(24)22-9-3-8-21(10-11-22)15-4-2-5-15/h6-7,15-16H,2-5,8-13H2,1H3. The molecular formula is C18H27N5O2. The van der Waals surface area contributed by atoms with Crippen LogP contribution in [0.25, 0.3) is 0 Å². The number of carbonyl (C=O) groups excluding carboxylic acids is 1. The van der Waals surface area contributed by atoms with E-state index in [1.165, 1.54) is 19.3 Å². The van der Waals surface area contributed by atoms with Gasteiger partial charge in [-0.15, -0.1) is 0 Å². The first-order valence-corrected chi connectivity index (χ1v) is 9.43. The summed E-state index contributed by atoms with van der Waals surface area (Å²) in [6.07, 6.45) is 6.85. The summed E-state index contributed by atoms with van der Waals surface area (Å²) in [5.74, 6) is 1.29. The fraction of sp³-hybridized carbons (Fsp3) is 0.722. The number of hydrogen-bond donors (Lipinski definition) is 0. The molecule has 1 saturated carbocycles. The van der Waals surface area contributed by atoms with Crippen molar-refractivity contribution in [1.29, 1.82) is 0 Å². The van der Waals surface area contributed by atoms with E-state index in [4.69, 9.17) is 4.74 Å². The van der Waals surface area contributed by atoms with Gasteiger partial charge >= 0.3 is 6.03 Å². The van der Waals surface area contributed by atoms with Gasteiger partial charge in [-0.1, -0.05) is 6.42 Å². The molecule has 0 N–H and O–H groups in total. The molecule has 2 aliphatic heterocycles. The van der Waals surface area contributed by atoms with Crippen molar-refractivity contribution in [3.05, 3.63) is 18.1 Å². The summed E-state index contributed by atoms with van der Waals surface area (Å²) < 4.78 is 5.82. The summed E-state index contributed by atoms with van der Waals surface area (Å²) in [7, 11) is 0. The highest BCUT2D eigenvalue weighted by Crippen LogP contribution is 2.26. The number of amides is 2. The zero-order valence-electron chi connectivity index (χ0n) is 14.9. The quantitative estimate of drug-likeness (QED) is 0.831. The SMILES string of the molecule is Cc1nccc(OC2CN(C(=O)N3CCCN(C4CCC4)CC3)C2)n1. The summed E-state index contributed by atoms with van der Waals surface area (Å²) >= 11 is 0. The number of aromatic nitrogens is 2. The summed E-state index contributed by atoms with van der Waals surface area (Å²) in [5, 5.41) is 0. The maximum Gasteiger partial charge on any atom is 0.320 e. The number of nitrogens with zero attached hydrogens (tertiary/aromatic N) is 5. The van der Waals surface area contributed by atoms with Crippen molar-refractivity contribution in [2.24, 2.45) is 0 Å². The van der Waals surface area contributed by atoms with Crippen LogP contribution in [0.15, 0.2) is 12.3 Å². The van der Waals surface area contributed by atoms with E-state index in [1.54, 1.807) is 12.3 Å². The van der Waals surface area contributed by atoms with Gasteiger partial charge in [0, 0.05) is 44.5 Å². The molecule has 3 aliphatic rings. The molecule has 2 amide bonds. The van der Waals surface area contributed by atoms with Crippen LogP contribution in [0.5, 0.6) is 5.88 Å². The van der Waals surface area contributed by atoms with E-state index in [9.17, 15) is 4.79 Å². The summed E-state index contributed by atoms with van der Waals surface area (Å²) in [5.41, 5.74) is 0. The van der Waals surface area contributed by atoms with Crippen molar-refractivity contribution in [2.75, 3.05) is 39.3 Å². The fourth-order valence-corrected chi connectivity index (χ4v) is 3.79. The molecule has 25 heavy (non-hydrogen) atoms. The van der Waals surface area contributed by atoms with E-state index in [2.05, 4.69) is 14.9 Å². The van der Waals surface area contributed by atoms with Gasteiger partial charge in [-0.3, -0.25) is 4.90 Å². The van der Waals surface area contributed by atoms with Crippen LogP contribution in [-0.2, 0) is 0 Å². The molecule has 2 saturated heterocycles. The summed E-state index contributed by atoms with van der Waals surface area (Å²) in [4.78, 5) is 27.5. The Morgan fingerprint density at radius 2 is 1.96 bits per heavy atom. The lowest BCUT2D eigenvalue weighted by Crippen LogP contribution is -2.60. The van der Waals surface area contributed by atoms with Crippen molar-refractivity contribution in [1.82, 2.24) is 24.7 Å². The number of hydrogen-bond acceptors (Lipinski definition) is 5. The lowest BCUT2D eigenvalue weighted by atomic mass is 9.91. The molecule has 7 heteroatoms. The van der Waals surface area contributed by atoms with Gasteiger partial charge in [-0.2, -0.15) is 4.98 Å². The van der Waals surface area contributed by atoms with E-state index >= 15 is 0 Å². The second-order valence-corrected chi connectivity index (χ2v) is 7.33. The maximum absolute atomic E-state index is 12.7. The minimum atomic E-state index is 0.0386.